The van der Waals surface area contributed by atoms with Gasteiger partial charge in [0.1, 0.15) is 5.52 Å². The molecule has 1 aromatic carbocycles. The maximum atomic E-state index is 5.29. The van der Waals surface area contributed by atoms with Gasteiger partial charge in [-0.1, -0.05) is 25.1 Å². The van der Waals surface area contributed by atoms with Crippen molar-refractivity contribution in [1.29, 1.82) is 0 Å². The van der Waals surface area contributed by atoms with Crippen LogP contribution in [0.15, 0.2) is 35.1 Å². The van der Waals surface area contributed by atoms with E-state index in [9.17, 15) is 0 Å². The number of hydrogen-bond donors (Lipinski definition) is 0. The molecule has 0 aliphatic carbocycles. The summed E-state index contributed by atoms with van der Waals surface area (Å²) in [5, 5.41) is 3.96. The molecule has 0 aliphatic heterocycles. The summed E-state index contributed by atoms with van der Waals surface area (Å²) in [6.45, 7) is 4.05. The summed E-state index contributed by atoms with van der Waals surface area (Å²) in [6, 6.07) is 5.73. The SMILES string of the molecule is CC(C)c1noc(-c2cccc3nccnc23)n1. The Bertz CT molecular complexity index is 685. The summed E-state index contributed by atoms with van der Waals surface area (Å²) in [7, 11) is 0. The Morgan fingerprint density at radius 3 is 2.72 bits per heavy atom. The van der Waals surface area contributed by atoms with E-state index in [2.05, 4.69) is 20.1 Å². The van der Waals surface area contributed by atoms with Crippen molar-refractivity contribution in [2.45, 2.75) is 19.8 Å². The van der Waals surface area contributed by atoms with E-state index in [1.54, 1.807) is 12.4 Å². The molecule has 0 aliphatic rings. The van der Waals surface area contributed by atoms with E-state index in [0.29, 0.717) is 11.7 Å². The number of rotatable bonds is 2. The third-order valence-electron chi connectivity index (χ3n) is 2.69. The van der Waals surface area contributed by atoms with Gasteiger partial charge in [-0.2, -0.15) is 4.98 Å². The summed E-state index contributed by atoms with van der Waals surface area (Å²) in [5.74, 6) is 1.43. The lowest BCUT2D eigenvalue weighted by Gasteiger charge is -1.99. The number of para-hydroxylation sites is 1. The van der Waals surface area contributed by atoms with Crippen molar-refractivity contribution in [3.05, 3.63) is 36.4 Å². The molecule has 0 fully saturated rings. The van der Waals surface area contributed by atoms with Crippen LogP contribution in [0.4, 0.5) is 0 Å². The minimum Gasteiger partial charge on any atom is -0.334 e. The molecule has 2 heterocycles. The predicted octanol–water partition coefficient (Wildman–Crippen LogP) is 2.80. The highest BCUT2D eigenvalue weighted by molar-refractivity contribution is 5.88. The first kappa shape index (κ1) is 10.8. The zero-order chi connectivity index (χ0) is 12.5. The van der Waals surface area contributed by atoms with E-state index >= 15 is 0 Å². The molecule has 0 spiro atoms. The average molecular weight is 240 g/mol. The van der Waals surface area contributed by atoms with Gasteiger partial charge in [0.15, 0.2) is 5.82 Å². The van der Waals surface area contributed by atoms with Crippen LogP contribution < -0.4 is 0 Å². The van der Waals surface area contributed by atoms with Crippen LogP contribution in [0, 0.1) is 0 Å². The third-order valence-corrected chi connectivity index (χ3v) is 2.69. The van der Waals surface area contributed by atoms with Crippen LogP contribution >= 0.6 is 0 Å². The monoisotopic (exact) mass is 240 g/mol. The molecule has 90 valence electrons. The van der Waals surface area contributed by atoms with Gasteiger partial charge in [-0.25, -0.2) is 0 Å². The van der Waals surface area contributed by atoms with Gasteiger partial charge >= 0.3 is 0 Å². The van der Waals surface area contributed by atoms with E-state index in [0.717, 1.165) is 16.6 Å². The summed E-state index contributed by atoms with van der Waals surface area (Å²) >= 11 is 0. The van der Waals surface area contributed by atoms with Crippen LogP contribution in [0.25, 0.3) is 22.5 Å². The fraction of sp³-hybridized carbons (Fsp3) is 0.231. The third kappa shape index (κ3) is 1.73. The van der Waals surface area contributed by atoms with E-state index in [-0.39, 0.29) is 5.92 Å². The summed E-state index contributed by atoms with van der Waals surface area (Å²) in [4.78, 5) is 13.0. The highest BCUT2D eigenvalue weighted by Crippen LogP contribution is 2.25. The zero-order valence-electron chi connectivity index (χ0n) is 10.2. The van der Waals surface area contributed by atoms with Crippen molar-refractivity contribution < 1.29 is 4.52 Å². The first-order valence-electron chi connectivity index (χ1n) is 5.79. The molecule has 0 unspecified atom stereocenters. The molecule has 0 saturated heterocycles. The molecular weight excluding hydrogens is 228 g/mol. The molecule has 0 atom stereocenters. The number of fused-ring (bicyclic) bond motifs is 1. The Labute approximate surface area is 104 Å². The van der Waals surface area contributed by atoms with E-state index in [1.807, 2.05) is 32.0 Å². The first-order valence-corrected chi connectivity index (χ1v) is 5.79. The fourth-order valence-corrected chi connectivity index (χ4v) is 1.74. The fourth-order valence-electron chi connectivity index (χ4n) is 1.74. The molecule has 5 nitrogen and oxygen atoms in total. The molecule has 2 aromatic heterocycles. The summed E-state index contributed by atoms with van der Waals surface area (Å²) in [6.07, 6.45) is 3.32. The van der Waals surface area contributed by atoms with E-state index < -0.39 is 0 Å². The molecule has 0 amide bonds. The highest BCUT2D eigenvalue weighted by atomic mass is 16.5. The molecule has 0 radical (unpaired) electrons. The Balaban J connectivity index is 2.18. The van der Waals surface area contributed by atoms with E-state index in [4.69, 9.17) is 4.52 Å². The lowest BCUT2D eigenvalue weighted by Crippen LogP contribution is -1.90. The van der Waals surface area contributed by atoms with Crippen LogP contribution in [-0.4, -0.2) is 20.1 Å². The molecule has 3 aromatic rings. The predicted molar refractivity (Wildman–Crippen MR) is 66.9 cm³/mol. The standard InChI is InChI=1S/C13H12N4O/c1-8(2)12-16-13(18-17-12)9-4-3-5-10-11(9)15-7-6-14-10/h3-8H,1-2H3. The summed E-state index contributed by atoms with van der Waals surface area (Å²) in [5.41, 5.74) is 2.42. The van der Waals surface area contributed by atoms with Crippen molar-refractivity contribution in [3.63, 3.8) is 0 Å². The van der Waals surface area contributed by atoms with Crippen LogP contribution in [0.1, 0.15) is 25.6 Å². The number of aromatic nitrogens is 4. The molecule has 0 saturated carbocycles. The Morgan fingerprint density at radius 1 is 1.11 bits per heavy atom. The van der Waals surface area contributed by atoms with Gasteiger partial charge in [-0.15, -0.1) is 0 Å². The second kappa shape index (κ2) is 4.18. The Hall–Kier alpha value is -2.30. The maximum Gasteiger partial charge on any atom is 0.260 e. The van der Waals surface area contributed by atoms with Crippen LogP contribution in [0.5, 0.6) is 0 Å². The van der Waals surface area contributed by atoms with Crippen LogP contribution in [0.3, 0.4) is 0 Å². The number of benzene rings is 1. The minimum atomic E-state index is 0.239. The molecule has 18 heavy (non-hydrogen) atoms. The lowest BCUT2D eigenvalue weighted by atomic mass is 10.1. The quantitative estimate of drug-likeness (QED) is 0.689. The summed E-state index contributed by atoms with van der Waals surface area (Å²) < 4.78 is 5.29. The molecule has 5 heteroatoms. The van der Waals surface area contributed by atoms with Crippen LogP contribution in [-0.2, 0) is 0 Å². The average Bonchev–Trinajstić information content (AvgIpc) is 2.87. The normalized spacial score (nSPS) is 11.3. The second-order valence-corrected chi connectivity index (χ2v) is 4.34. The molecular formula is C13H12N4O. The van der Waals surface area contributed by atoms with Gasteiger partial charge in [-0.3, -0.25) is 9.97 Å². The smallest absolute Gasteiger partial charge is 0.260 e. The van der Waals surface area contributed by atoms with Crippen LogP contribution in [0.2, 0.25) is 0 Å². The van der Waals surface area contributed by atoms with Crippen molar-refractivity contribution in [3.8, 4) is 11.5 Å². The van der Waals surface area contributed by atoms with Gasteiger partial charge in [0, 0.05) is 18.3 Å². The highest BCUT2D eigenvalue weighted by Gasteiger charge is 2.14. The van der Waals surface area contributed by atoms with Gasteiger partial charge in [-0.05, 0) is 12.1 Å². The lowest BCUT2D eigenvalue weighted by molar-refractivity contribution is 0.419. The van der Waals surface area contributed by atoms with Crippen molar-refractivity contribution in [2.75, 3.05) is 0 Å². The largest absolute Gasteiger partial charge is 0.334 e. The minimum absolute atomic E-state index is 0.239. The van der Waals surface area contributed by atoms with Crippen molar-refractivity contribution >= 4 is 11.0 Å². The van der Waals surface area contributed by atoms with Gasteiger partial charge < -0.3 is 4.52 Å². The van der Waals surface area contributed by atoms with E-state index in [1.165, 1.54) is 0 Å². The molecule has 0 bridgehead atoms. The van der Waals surface area contributed by atoms with Gasteiger partial charge in [0.2, 0.25) is 0 Å². The van der Waals surface area contributed by atoms with Crippen molar-refractivity contribution in [1.82, 2.24) is 20.1 Å². The Morgan fingerprint density at radius 2 is 1.94 bits per heavy atom. The van der Waals surface area contributed by atoms with Crippen molar-refractivity contribution in [2.24, 2.45) is 0 Å². The zero-order valence-corrected chi connectivity index (χ0v) is 10.2. The second-order valence-electron chi connectivity index (χ2n) is 4.34. The topological polar surface area (TPSA) is 64.7 Å². The maximum absolute atomic E-state index is 5.29. The molecule has 3 rings (SSSR count). The molecule has 0 N–H and O–H groups in total. The number of nitrogens with zero attached hydrogens (tertiary/aromatic N) is 4. The van der Waals surface area contributed by atoms with Gasteiger partial charge in [0.25, 0.3) is 5.89 Å². The van der Waals surface area contributed by atoms with Gasteiger partial charge in [0.05, 0.1) is 11.1 Å². The Kier molecular flexibility index (Phi) is 2.51. The first-order chi connectivity index (χ1) is 8.75. The number of hydrogen-bond acceptors (Lipinski definition) is 5.